The van der Waals surface area contributed by atoms with Crippen LogP contribution in [0.2, 0.25) is 0 Å². The Morgan fingerprint density at radius 3 is 2.95 bits per heavy atom. The van der Waals surface area contributed by atoms with Crippen LogP contribution in [0.5, 0.6) is 0 Å². The zero-order valence-electron chi connectivity index (χ0n) is 11.8. The van der Waals surface area contributed by atoms with Gasteiger partial charge in [0, 0.05) is 26.2 Å². The smallest absolute Gasteiger partial charge is 0.279 e. The Balaban J connectivity index is 1.86. The van der Waals surface area contributed by atoms with Crippen LogP contribution in [-0.4, -0.2) is 44.1 Å². The van der Waals surface area contributed by atoms with Crippen molar-refractivity contribution in [3.8, 4) is 0 Å². The molecular weight excluding hydrogens is 295 g/mol. The Labute approximate surface area is 125 Å². The molecule has 0 aromatic heterocycles. The summed E-state index contributed by atoms with van der Waals surface area (Å²) >= 11 is 0. The number of benzene rings is 1. The molecule has 7 heteroatoms. The van der Waals surface area contributed by atoms with Gasteiger partial charge in [0.15, 0.2) is 0 Å². The fraction of sp³-hybridized carbons (Fsp3) is 0.571. The highest BCUT2D eigenvalue weighted by Crippen LogP contribution is 2.17. The molecule has 1 aromatic rings. The molecule has 1 unspecified atom stereocenters. The van der Waals surface area contributed by atoms with Gasteiger partial charge in [-0.05, 0) is 42.9 Å². The molecular formula is C14H21FN2O3S. The summed E-state index contributed by atoms with van der Waals surface area (Å²) < 4.78 is 41.3. The van der Waals surface area contributed by atoms with Gasteiger partial charge in [-0.15, -0.1) is 0 Å². The molecule has 0 amide bonds. The van der Waals surface area contributed by atoms with Crippen LogP contribution in [0.15, 0.2) is 24.3 Å². The first-order chi connectivity index (χ1) is 10.0. The zero-order chi connectivity index (χ0) is 15.3. The lowest BCUT2D eigenvalue weighted by atomic mass is 10.0. The lowest BCUT2D eigenvalue weighted by molar-refractivity contribution is 0.165. The number of piperidine rings is 1. The van der Waals surface area contributed by atoms with Gasteiger partial charge in [0.25, 0.3) is 10.2 Å². The molecule has 0 bridgehead atoms. The van der Waals surface area contributed by atoms with Crippen molar-refractivity contribution >= 4 is 10.2 Å². The first-order valence-corrected chi connectivity index (χ1v) is 8.55. The molecule has 118 valence electrons. The van der Waals surface area contributed by atoms with Crippen LogP contribution in [0.1, 0.15) is 18.4 Å². The van der Waals surface area contributed by atoms with Gasteiger partial charge >= 0.3 is 0 Å². The lowest BCUT2D eigenvalue weighted by Gasteiger charge is -2.30. The fourth-order valence-electron chi connectivity index (χ4n) is 2.50. The second-order valence-corrected chi connectivity index (χ2v) is 7.08. The maximum Gasteiger partial charge on any atom is 0.279 e. The number of hydrogen-bond donors (Lipinski definition) is 2. The fourth-order valence-corrected chi connectivity index (χ4v) is 3.82. The Hall–Kier alpha value is -1.02. The highest BCUT2D eigenvalue weighted by atomic mass is 32.2. The van der Waals surface area contributed by atoms with Gasteiger partial charge in [0.1, 0.15) is 5.82 Å². The van der Waals surface area contributed by atoms with E-state index in [0.29, 0.717) is 19.5 Å². The third kappa shape index (κ3) is 4.74. The Bertz CT molecular complexity index is 565. The second kappa shape index (κ2) is 7.31. The standard InChI is InChI=1S/C14H21FN2O3S/c15-14-5-1-3-12(9-14)6-7-16-21(19,20)17-8-2-4-13(10-17)11-18/h1,3,5,9,13,16,18H,2,4,6-8,10-11H2. The minimum Gasteiger partial charge on any atom is -0.396 e. The van der Waals surface area contributed by atoms with Crippen LogP contribution in [0.3, 0.4) is 0 Å². The monoisotopic (exact) mass is 316 g/mol. The molecule has 5 nitrogen and oxygen atoms in total. The topological polar surface area (TPSA) is 69.6 Å². The van der Waals surface area contributed by atoms with Crippen LogP contribution in [-0.2, 0) is 16.6 Å². The van der Waals surface area contributed by atoms with E-state index in [1.807, 2.05) is 0 Å². The molecule has 2 rings (SSSR count). The number of aliphatic hydroxyl groups excluding tert-OH is 1. The third-order valence-corrected chi connectivity index (χ3v) is 5.25. The quantitative estimate of drug-likeness (QED) is 0.819. The Morgan fingerprint density at radius 1 is 1.43 bits per heavy atom. The van der Waals surface area contributed by atoms with E-state index < -0.39 is 10.2 Å². The summed E-state index contributed by atoms with van der Waals surface area (Å²) in [6.45, 7) is 1.07. The summed E-state index contributed by atoms with van der Waals surface area (Å²) in [6, 6.07) is 6.13. The van der Waals surface area contributed by atoms with Crippen molar-refractivity contribution in [3.05, 3.63) is 35.6 Å². The van der Waals surface area contributed by atoms with E-state index in [1.54, 1.807) is 12.1 Å². The second-order valence-electron chi connectivity index (χ2n) is 5.33. The molecule has 1 aliphatic heterocycles. The van der Waals surface area contributed by atoms with E-state index in [1.165, 1.54) is 16.4 Å². The van der Waals surface area contributed by atoms with Crippen molar-refractivity contribution in [3.63, 3.8) is 0 Å². The normalized spacial score (nSPS) is 20.6. The zero-order valence-corrected chi connectivity index (χ0v) is 12.7. The minimum absolute atomic E-state index is 0.00924. The molecule has 1 aliphatic rings. The van der Waals surface area contributed by atoms with Crippen LogP contribution in [0.4, 0.5) is 4.39 Å². The van der Waals surface area contributed by atoms with E-state index in [4.69, 9.17) is 5.11 Å². The van der Waals surface area contributed by atoms with Gasteiger partial charge in [-0.3, -0.25) is 0 Å². The van der Waals surface area contributed by atoms with Gasteiger partial charge < -0.3 is 5.11 Å². The van der Waals surface area contributed by atoms with Crippen molar-refractivity contribution in [2.45, 2.75) is 19.3 Å². The number of aliphatic hydroxyl groups is 1. The predicted octanol–water partition coefficient (Wildman–Crippen LogP) is 0.907. The van der Waals surface area contributed by atoms with Gasteiger partial charge in [-0.1, -0.05) is 12.1 Å². The first kappa shape index (κ1) is 16.4. The molecule has 2 N–H and O–H groups in total. The average molecular weight is 316 g/mol. The lowest BCUT2D eigenvalue weighted by Crippen LogP contribution is -2.47. The van der Waals surface area contributed by atoms with E-state index >= 15 is 0 Å². The van der Waals surface area contributed by atoms with Crippen molar-refractivity contribution in [1.82, 2.24) is 9.03 Å². The maximum atomic E-state index is 13.0. The number of hydrogen-bond acceptors (Lipinski definition) is 3. The average Bonchev–Trinajstić information content (AvgIpc) is 2.47. The van der Waals surface area contributed by atoms with Gasteiger partial charge in [-0.25, -0.2) is 9.11 Å². The summed E-state index contributed by atoms with van der Waals surface area (Å²) in [5.41, 5.74) is 0.754. The largest absolute Gasteiger partial charge is 0.396 e. The molecule has 1 aromatic carbocycles. The molecule has 1 atom stereocenters. The number of nitrogens with one attached hydrogen (secondary N) is 1. The molecule has 1 heterocycles. The van der Waals surface area contributed by atoms with Gasteiger partial charge in [0.2, 0.25) is 0 Å². The van der Waals surface area contributed by atoms with E-state index in [2.05, 4.69) is 4.72 Å². The van der Waals surface area contributed by atoms with E-state index in [0.717, 1.165) is 18.4 Å². The molecule has 1 fully saturated rings. The van der Waals surface area contributed by atoms with Crippen LogP contribution in [0, 0.1) is 11.7 Å². The molecule has 0 aliphatic carbocycles. The van der Waals surface area contributed by atoms with Crippen LogP contribution >= 0.6 is 0 Å². The number of halogens is 1. The van der Waals surface area contributed by atoms with Gasteiger partial charge in [-0.2, -0.15) is 12.7 Å². The maximum absolute atomic E-state index is 13.0. The molecule has 0 spiro atoms. The number of rotatable bonds is 6. The van der Waals surface area contributed by atoms with Crippen molar-refractivity contribution < 1.29 is 17.9 Å². The predicted molar refractivity (Wildman–Crippen MR) is 78.4 cm³/mol. The molecule has 21 heavy (non-hydrogen) atoms. The van der Waals surface area contributed by atoms with Crippen molar-refractivity contribution in [1.29, 1.82) is 0 Å². The van der Waals surface area contributed by atoms with Crippen molar-refractivity contribution in [2.24, 2.45) is 5.92 Å². The third-order valence-electron chi connectivity index (χ3n) is 3.67. The highest BCUT2D eigenvalue weighted by molar-refractivity contribution is 7.87. The summed E-state index contributed by atoms with van der Waals surface area (Å²) in [4.78, 5) is 0. The van der Waals surface area contributed by atoms with Crippen molar-refractivity contribution in [2.75, 3.05) is 26.2 Å². The van der Waals surface area contributed by atoms with E-state index in [-0.39, 0.29) is 24.9 Å². The number of nitrogens with zero attached hydrogens (tertiary/aromatic N) is 1. The summed E-state index contributed by atoms with van der Waals surface area (Å²) in [5, 5.41) is 9.15. The van der Waals surface area contributed by atoms with Gasteiger partial charge in [0.05, 0.1) is 0 Å². The van der Waals surface area contributed by atoms with E-state index in [9.17, 15) is 12.8 Å². The Morgan fingerprint density at radius 2 is 2.24 bits per heavy atom. The molecule has 0 saturated carbocycles. The SMILES string of the molecule is O=S(=O)(NCCc1cccc(F)c1)N1CCCC(CO)C1. The van der Waals surface area contributed by atoms with Crippen LogP contribution < -0.4 is 4.72 Å². The molecule has 0 radical (unpaired) electrons. The van der Waals surface area contributed by atoms with Crippen LogP contribution in [0.25, 0.3) is 0 Å². The summed E-state index contributed by atoms with van der Waals surface area (Å²) in [7, 11) is -3.53. The Kier molecular flexibility index (Phi) is 5.69. The molecule has 1 saturated heterocycles. The summed E-state index contributed by atoms with van der Waals surface area (Å²) in [6.07, 6.45) is 2.05. The highest BCUT2D eigenvalue weighted by Gasteiger charge is 2.27. The first-order valence-electron chi connectivity index (χ1n) is 7.11. The summed E-state index contributed by atoms with van der Waals surface area (Å²) in [5.74, 6) is -0.310. The minimum atomic E-state index is -3.53.